The van der Waals surface area contributed by atoms with Crippen molar-refractivity contribution < 1.29 is 0 Å². The van der Waals surface area contributed by atoms with Gasteiger partial charge in [-0.3, -0.25) is 4.90 Å². The summed E-state index contributed by atoms with van der Waals surface area (Å²) in [5.41, 5.74) is 10.4. The fraction of sp³-hybridized carbons (Fsp3) is 0.684. The van der Waals surface area contributed by atoms with Crippen LogP contribution in [-0.2, 0) is 13.0 Å². The zero-order chi connectivity index (χ0) is 15.0. The summed E-state index contributed by atoms with van der Waals surface area (Å²) in [4.78, 5) is 2.75. The molecule has 2 N–H and O–H groups in total. The maximum Gasteiger partial charge on any atom is 0.0350 e. The molecular formula is C19H30N2. The maximum atomic E-state index is 6.14. The van der Waals surface area contributed by atoms with Crippen molar-refractivity contribution in [1.29, 1.82) is 0 Å². The molecule has 2 heteroatoms. The maximum absolute atomic E-state index is 6.14. The Labute approximate surface area is 129 Å². The van der Waals surface area contributed by atoms with E-state index >= 15 is 0 Å². The van der Waals surface area contributed by atoms with Gasteiger partial charge in [-0.05, 0) is 47.8 Å². The zero-order valence-corrected chi connectivity index (χ0v) is 13.9. The summed E-state index contributed by atoms with van der Waals surface area (Å²) < 4.78 is 0. The monoisotopic (exact) mass is 286 g/mol. The molecule has 116 valence electrons. The Hall–Kier alpha value is -1.02. The van der Waals surface area contributed by atoms with Gasteiger partial charge in [-0.1, -0.05) is 45.7 Å². The standard InChI is InChI=1S/C19H30N2/c1-19(2,3)16-8-4-5-10-18(16)21-12-11-15-14(13-21)7-6-9-17(15)20/h6-7,9,16,18H,4-5,8,10-13,20H2,1-3H3. The average Bonchev–Trinajstić information content (AvgIpc) is 2.46. The summed E-state index contributed by atoms with van der Waals surface area (Å²) in [6.45, 7) is 9.54. The number of nitrogens with two attached hydrogens (primary N) is 1. The Morgan fingerprint density at radius 2 is 1.90 bits per heavy atom. The van der Waals surface area contributed by atoms with Gasteiger partial charge in [0.05, 0.1) is 0 Å². The number of fused-ring (bicyclic) bond motifs is 1. The lowest BCUT2D eigenvalue weighted by molar-refractivity contribution is 0.0334. The van der Waals surface area contributed by atoms with Crippen molar-refractivity contribution in [2.75, 3.05) is 12.3 Å². The van der Waals surface area contributed by atoms with Crippen LogP contribution in [0.25, 0.3) is 0 Å². The second-order valence-corrected chi connectivity index (χ2v) is 8.03. The lowest BCUT2D eigenvalue weighted by Crippen LogP contribution is -2.48. The summed E-state index contributed by atoms with van der Waals surface area (Å²) in [7, 11) is 0. The molecule has 1 aromatic carbocycles. The van der Waals surface area contributed by atoms with Crippen molar-refractivity contribution in [2.24, 2.45) is 11.3 Å². The van der Waals surface area contributed by atoms with Crippen LogP contribution in [0.15, 0.2) is 18.2 Å². The van der Waals surface area contributed by atoms with Crippen LogP contribution >= 0.6 is 0 Å². The van der Waals surface area contributed by atoms with E-state index in [1.54, 1.807) is 0 Å². The van der Waals surface area contributed by atoms with Crippen molar-refractivity contribution in [2.45, 2.75) is 65.5 Å². The molecule has 0 bridgehead atoms. The third-order valence-corrected chi connectivity index (χ3v) is 5.64. The molecule has 2 unspecified atom stereocenters. The number of hydrogen-bond acceptors (Lipinski definition) is 2. The Morgan fingerprint density at radius 1 is 1.14 bits per heavy atom. The number of hydrogen-bond donors (Lipinski definition) is 1. The Kier molecular flexibility index (Phi) is 4.00. The van der Waals surface area contributed by atoms with Gasteiger partial charge < -0.3 is 5.73 Å². The molecule has 3 rings (SSSR count). The first-order chi connectivity index (χ1) is 9.97. The second kappa shape index (κ2) is 5.64. The Morgan fingerprint density at radius 3 is 2.67 bits per heavy atom. The summed E-state index contributed by atoms with van der Waals surface area (Å²) in [6.07, 6.45) is 6.71. The molecule has 1 aliphatic carbocycles. The summed E-state index contributed by atoms with van der Waals surface area (Å²) in [5.74, 6) is 0.828. The van der Waals surface area contributed by atoms with E-state index in [0.717, 1.165) is 30.6 Å². The molecule has 1 saturated carbocycles. The van der Waals surface area contributed by atoms with Crippen LogP contribution in [-0.4, -0.2) is 17.5 Å². The lowest BCUT2D eigenvalue weighted by atomic mass is 9.68. The highest BCUT2D eigenvalue weighted by molar-refractivity contribution is 5.51. The SMILES string of the molecule is CC(C)(C)C1CCCCC1N1CCc2c(N)cccc2C1. The number of nitrogens with zero attached hydrogens (tertiary/aromatic N) is 1. The van der Waals surface area contributed by atoms with Gasteiger partial charge in [-0.2, -0.15) is 0 Å². The van der Waals surface area contributed by atoms with Gasteiger partial charge in [0.1, 0.15) is 0 Å². The van der Waals surface area contributed by atoms with E-state index in [0.29, 0.717) is 5.41 Å². The fourth-order valence-corrected chi connectivity index (χ4v) is 4.50. The molecule has 0 radical (unpaired) electrons. The van der Waals surface area contributed by atoms with Gasteiger partial charge in [0.2, 0.25) is 0 Å². The third-order valence-electron chi connectivity index (χ3n) is 5.64. The summed E-state index contributed by atoms with van der Waals surface area (Å²) in [6, 6.07) is 7.19. The van der Waals surface area contributed by atoms with Crippen LogP contribution in [0, 0.1) is 11.3 Å². The smallest absolute Gasteiger partial charge is 0.0350 e. The summed E-state index contributed by atoms with van der Waals surface area (Å²) in [5, 5.41) is 0. The molecule has 0 spiro atoms. The van der Waals surface area contributed by atoms with Gasteiger partial charge >= 0.3 is 0 Å². The fourth-order valence-electron chi connectivity index (χ4n) is 4.50. The number of anilines is 1. The van der Waals surface area contributed by atoms with Crippen molar-refractivity contribution >= 4 is 5.69 Å². The zero-order valence-electron chi connectivity index (χ0n) is 13.9. The third kappa shape index (κ3) is 2.96. The first-order valence-electron chi connectivity index (χ1n) is 8.57. The van der Waals surface area contributed by atoms with Crippen LogP contribution < -0.4 is 5.73 Å². The van der Waals surface area contributed by atoms with Gasteiger partial charge in [0.15, 0.2) is 0 Å². The molecule has 1 aliphatic heterocycles. The predicted octanol–water partition coefficient (Wildman–Crippen LogP) is 4.23. The molecule has 0 saturated heterocycles. The van der Waals surface area contributed by atoms with Crippen molar-refractivity contribution in [1.82, 2.24) is 4.90 Å². The van der Waals surface area contributed by atoms with E-state index in [4.69, 9.17) is 5.73 Å². The van der Waals surface area contributed by atoms with Gasteiger partial charge in [0, 0.05) is 24.8 Å². The summed E-state index contributed by atoms with van der Waals surface area (Å²) >= 11 is 0. The Balaban J connectivity index is 1.81. The second-order valence-electron chi connectivity index (χ2n) is 8.03. The molecule has 0 amide bonds. The molecule has 1 fully saturated rings. The van der Waals surface area contributed by atoms with E-state index in [1.807, 2.05) is 6.07 Å². The van der Waals surface area contributed by atoms with Crippen LogP contribution in [0.2, 0.25) is 0 Å². The minimum Gasteiger partial charge on any atom is -0.398 e. The number of rotatable bonds is 1. The van der Waals surface area contributed by atoms with Crippen molar-refractivity contribution in [3.63, 3.8) is 0 Å². The van der Waals surface area contributed by atoms with Gasteiger partial charge in [-0.25, -0.2) is 0 Å². The van der Waals surface area contributed by atoms with Gasteiger partial charge in [0.25, 0.3) is 0 Å². The number of benzene rings is 1. The molecule has 2 nitrogen and oxygen atoms in total. The van der Waals surface area contributed by atoms with E-state index < -0.39 is 0 Å². The van der Waals surface area contributed by atoms with Crippen LogP contribution in [0.3, 0.4) is 0 Å². The largest absolute Gasteiger partial charge is 0.398 e. The van der Waals surface area contributed by atoms with Crippen LogP contribution in [0.1, 0.15) is 57.6 Å². The molecule has 1 aromatic rings. The first-order valence-corrected chi connectivity index (χ1v) is 8.57. The molecular weight excluding hydrogens is 256 g/mol. The normalized spacial score (nSPS) is 27.4. The average molecular weight is 286 g/mol. The van der Waals surface area contributed by atoms with E-state index in [2.05, 4.69) is 37.8 Å². The first kappa shape index (κ1) is 14.9. The van der Waals surface area contributed by atoms with E-state index in [-0.39, 0.29) is 0 Å². The highest BCUT2D eigenvalue weighted by atomic mass is 15.2. The highest BCUT2D eigenvalue weighted by Crippen LogP contribution is 2.41. The lowest BCUT2D eigenvalue weighted by Gasteiger charge is -2.47. The number of nitrogen functional groups attached to an aromatic ring is 1. The van der Waals surface area contributed by atoms with Crippen LogP contribution in [0.4, 0.5) is 5.69 Å². The minimum atomic E-state index is 0.418. The minimum absolute atomic E-state index is 0.418. The molecule has 2 atom stereocenters. The predicted molar refractivity (Wildman–Crippen MR) is 90.2 cm³/mol. The van der Waals surface area contributed by atoms with Crippen molar-refractivity contribution in [3.05, 3.63) is 29.3 Å². The Bertz CT molecular complexity index is 501. The molecule has 21 heavy (non-hydrogen) atoms. The van der Waals surface area contributed by atoms with Gasteiger partial charge in [-0.15, -0.1) is 0 Å². The highest BCUT2D eigenvalue weighted by Gasteiger charge is 2.38. The van der Waals surface area contributed by atoms with E-state index in [9.17, 15) is 0 Å². The van der Waals surface area contributed by atoms with Crippen molar-refractivity contribution in [3.8, 4) is 0 Å². The molecule has 2 aliphatic rings. The molecule has 0 aromatic heterocycles. The van der Waals surface area contributed by atoms with E-state index in [1.165, 1.54) is 43.4 Å². The molecule has 1 heterocycles. The quantitative estimate of drug-likeness (QED) is 0.783. The van der Waals surface area contributed by atoms with Crippen LogP contribution in [0.5, 0.6) is 0 Å². The topological polar surface area (TPSA) is 29.3 Å².